The number of carbonyl (C=O) groups excluding carboxylic acids is 1. The molecule has 2 aliphatic heterocycles. The van der Waals surface area contributed by atoms with E-state index in [1.165, 1.54) is 0 Å². The van der Waals surface area contributed by atoms with E-state index in [-0.39, 0.29) is 40.4 Å². The van der Waals surface area contributed by atoms with Crippen molar-refractivity contribution in [2.75, 3.05) is 25.6 Å². The molecule has 0 unspecified atom stereocenters. The van der Waals surface area contributed by atoms with E-state index in [0.29, 0.717) is 30.3 Å². The summed E-state index contributed by atoms with van der Waals surface area (Å²) in [5.74, 6) is 0.300. The van der Waals surface area contributed by atoms with E-state index in [1.54, 1.807) is 36.1 Å². The Labute approximate surface area is 207 Å². The highest BCUT2D eigenvalue weighted by Crippen LogP contribution is 2.56. The molecule has 5 heterocycles. The Kier molecular flexibility index (Phi) is 4.66. The van der Waals surface area contributed by atoms with Crippen LogP contribution in [0.1, 0.15) is 55.4 Å². The zero-order valence-corrected chi connectivity index (χ0v) is 20.4. The van der Waals surface area contributed by atoms with Crippen LogP contribution in [0, 0.1) is 5.92 Å². The van der Waals surface area contributed by atoms with E-state index in [1.807, 2.05) is 10.9 Å². The first-order chi connectivity index (χ1) is 17.4. The van der Waals surface area contributed by atoms with Gasteiger partial charge in [-0.05, 0) is 43.4 Å². The number of pyridine rings is 2. The Hall–Kier alpha value is -3.24. The Morgan fingerprint density at radius 2 is 2.14 bits per heavy atom. The summed E-state index contributed by atoms with van der Waals surface area (Å²) in [5, 5.41) is 8.29. The van der Waals surface area contributed by atoms with Crippen LogP contribution >= 0.6 is 0 Å². The molecule has 0 spiro atoms. The molecular formula is C26H29N5O5. The van der Waals surface area contributed by atoms with Crippen LogP contribution in [-0.4, -0.2) is 57.3 Å². The van der Waals surface area contributed by atoms with Gasteiger partial charge in [0.2, 0.25) is 5.88 Å². The molecule has 2 saturated heterocycles. The molecule has 188 valence electrons. The fourth-order valence-electron chi connectivity index (χ4n) is 5.80. The molecule has 3 aromatic heterocycles. The van der Waals surface area contributed by atoms with Crippen LogP contribution in [0.25, 0.3) is 11.0 Å². The predicted octanol–water partition coefficient (Wildman–Crippen LogP) is 2.87. The van der Waals surface area contributed by atoms with E-state index in [9.17, 15) is 9.59 Å². The van der Waals surface area contributed by atoms with Gasteiger partial charge in [0.05, 0.1) is 24.4 Å². The van der Waals surface area contributed by atoms with E-state index in [4.69, 9.17) is 19.3 Å². The molecule has 5 fully saturated rings. The number of hydrogen-bond acceptors (Lipinski definition) is 7. The number of nitrogens with one attached hydrogen (secondary N) is 1. The second kappa shape index (κ2) is 7.63. The zero-order chi connectivity index (χ0) is 24.7. The van der Waals surface area contributed by atoms with Crippen LogP contribution in [0.4, 0.5) is 5.69 Å². The van der Waals surface area contributed by atoms with E-state index < -0.39 is 5.91 Å². The van der Waals surface area contributed by atoms with Crippen molar-refractivity contribution in [2.45, 2.75) is 62.3 Å². The first-order valence-electron chi connectivity index (χ1n) is 12.6. The van der Waals surface area contributed by atoms with E-state index in [2.05, 4.69) is 17.2 Å². The van der Waals surface area contributed by atoms with Crippen LogP contribution < -0.4 is 15.6 Å². The highest BCUT2D eigenvalue weighted by atomic mass is 16.6. The Morgan fingerprint density at radius 3 is 2.86 bits per heavy atom. The van der Waals surface area contributed by atoms with Crippen molar-refractivity contribution in [3.8, 4) is 5.88 Å². The SMILES string of the molecule is COCC12CC(n3cc4cc(C(=O)Nc5cccn([C@H]6C[C@H]6C)c5=O)c(OC5CC5)nc4n3)(CO1)C2. The maximum atomic E-state index is 13.4. The van der Waals surface area contributed by atoms with Gasteiger partial charge < -0.3 is 24.1 Å². The molecule has 1 N–H and O–H groups in total. The highest BCUT2D eigenvalue weighted by molar-refractivity contribution is 6.07. The Morgan fingerprint density at radius 1 is 1.33 bits per heavy atom. The van der Waals surface area contributed by atoms with Crippen molar-refractivity contribution in [1.82, 2.24) is 19.3 Å². The molecule has 3 aromatic rings. The van der Waals surface area contributed by atoms with Gasteiger partial charge in [0.1, 0.15) is 17.4 Å². The number of hydrogen-bond donors (Lipinski definition) is 1. The van der Waals surface area contributed by atoms with Gasteiger partial charge in [-0.15, -0.1) is 0 Å². The van der Waals surface area contributed by atoms with Crippen LogP contribution in [0.5, 0.6) is 5.88 Å². The van der Waals surface area contributed by atoms with Gasteiger partial charge in [0, 0.05) is 43.8 Å². The largest absolute Gasteiger partial charge is 0.474 e. The van der Waals surface area contributed by atoms with Gasteiger partial charge in [0.15, 0.2) is 5.65 Å². The number of amides is 1. The highest BCUT2D eigenvalue weighted by Gasteiger charge is 2.64. The fraction of sp³-hybridized carbons (Fsp3) is 0.538. The van der Waals surface area contributed by atoms with Gasteiger partial charge in [-0.1, -0.05) is 6.92 Å². The van der Waals surface area contributed by atoms with Gasteiger partial charge in [-0.2, -0.15) is 10.1 Å². The number of ether oxygens (including phenoxy) is 3. The number of methoxy groups -OCH3 is 1. The van der Waals surface area contributed by atoms with Crippen LogP contribution in [0.15, 0.2) is 35.4 Å². The lowest BCUT2D eigenvalue weighted by molar-refractivity contribution is -0.0694. The average Bonchev–Trinajstić information content (AvgIpc) is 3.65. The van der Waals surface area contributed by atoms with Crippen molar-refractivity contribution in [1.29, 1.82) is 0 Å². The van der Waals surface area contributed by atoms with Gasteiger partial charge >= 0.3 is 0 Å². The van der Waals surface area contributed by atoms with E-state index >= 15 is 0 Å². The lowest BCUT2D eigenvalue weighted by Crippen LogP contribution is -2.53. The van der Waals surface area contributed by atoms with Crippen LogP contribution in [-0.2, 0) is 15.0 Å². The third-order valence-electron chi connectivity index (χ3n) is 8.00. The third kappa shape index (κ3) is 3.46. The number of anilines is 1. The maximum Gasteiger partial charge on any atom is 0.274 e. The molecule has 2 bridgehead atoms. The summed E-state index contributed by atoms with van der Waals surface area (Å²) >= 11 is 0. The molecule has 10 heteroatoms. The second-order valence-corrected chi connectivity index (χ2v) is 11.0. The summed E-state index contributed by atoms with van der Waals surface area (Å²) in [7, 11) is 1.69. The van der Waals surface area contributed by atoms with Crippen molar-refractivity contribution in [2.24, 2.45) is 5.92 Å². The number of aromatic nitrogens is 4. The number of nitrogens with zero attached hydrogens (tertiary/aromatic N) is 4. The first-order valence-corrected chi connectivity index (χ1v) is 12.6. The monoisotopic (exact) mass is 491 g/mol. The molecule has 8 rings (SSSR count). The lowest BCUT2D eigenvalue weighted by atomic mass is 9.69. The smallest absolute Gasteiger partial charge is 0.274 e. The number of carbonyl (C=O) groups is 1. The van der Waals surface area contributed by atoms with Crippen LogP contribution in [0.3, 0.4) is 0 Å². The molecule has 5 aliphatic rings. The van der Waals surface area contributed by atoms with Crippen molar-refractivity contribution in [3.05, 3.63) is 46.5 Å². The van der Waals surface area contributed by atoms with Gasteiger partial charge in [-0.3, -0.25) is 14.3 Å². The van der Waals surface area contributed by atoms with Gasteiger partial charge in [0.25, 0.3) is 11.5 Å². The molecule has 2 atom stereocenters. The standard InChI is InChI=1S/C26H29N5O5/c1-15-8-20(15)30-7-3-4-19(24(30)33)27-22(32)18-9-16-10-31(25-11-26(12-25,14-34-2)35-13-25)29-21(16)28-23(18)36-17-5-6-17/h3-4,7,9-10,15,17,20H,5-6,8,11-14H2,1-2H3,(H,27,32)/t15-,20+,25?,26?/m1/s1. The molecule has 3 aliphatic carbocycles. The maximum absolute atomic E-state index is 13.4. The fourth-order valence-corrected chi connectivity index (χ4v) is 5.80. The molecule has 0 aromatic carbocycles. The summed E-state index contributed by atoms with van der Waals surface area (Å²) in [6.07, 6.45) is 8.26. The molecule has 3 saturated carbocycles. The molecule has 1 amide bonds. The molecule has 10 nitrogen and oxygen atoms in total. The first kappa shape index (κ1) is 22.0. The number of rotatable bonds is 8. The van der Waals surface area contributed by atoms with Crippen molar-refractivity contribution in [3.63, 3.8) is 0 Å². The normalized spacial score (nSPS) is 30.3. The number of fused-ring (bicyclic) bond motifs is 2. The summed E-state index contributed by atoms with van der Waals surface area (Å²) in [4.78, 5) is 31.0. The quantitative estimate of drug-likeness (QED) is 0.516. The summed E-state index contributed by atoms with van der Waals surface area (Å²) < 4.78 is 21.0. The summed E-state index contributed by atoms with van der Waals surface area (Å²) in [5.41, 5.74) is 0.432. The Balaban J connectivity index is 1.21. The average molecular weight is 492 g/mol. The second-order valence-electron chi connectivity index (χ2n) is 11.0. The minimum Gasteiger partial charge on any atom is -0.474 e. The summed E-state index contributed by atoms with van der Waals surface area (Å²) in [6.45, 7) is 3.25. The van der Waals surface area contributed by atoms with Crippen molar-refractivity contribution < 1.29 is 19.0 Å². The van der Waals surface area contributed by atoms with E-state index in [0.717, 1.165) is 37.5 Å². The minimum atomic E-state index is -0.420. The van der Waals surface area contributed by atoms with Crippen molar-refractivity contribution >= 4 is 22.6 Å². The van der Waals surface area contributed by atoms with Gasteiger partial charge in [-0.25, -0.2) is 0 Å². The third-order valence-corrected chi connectivity index (χ3v) is 8.00. The predicted molar refractivity (Wildman–Crippen MR) is 130 cm³/mol. The molecule has 0 radical (unpaired) electrons. The lowest BCUT2D eigenvalue weighted by Gasteiger charge is -2.43. The summed E-state index contributed by atoms with van der Waals surface area (Å²) in [6, 6.07) is 5.38. The molecular weight excluding hydrogens is 462 g/mol. The topological polar surface area (TPSA) is 110 Å². The Bertz CT molecular complexity index is 1430. The minimum absolute atomic E-state index is 0.0528. The van der Waals surface area contributed by atoms with Crippen LogP contribution in [0.2, 0.25) is 0 Å². The zero-order valence-electron chi connectivity index (χ0n) is 20.4. The molecule has 36 heavy (non-hydrogen) atoms.